The number of aliphatic hydroxyl groups is 2. The number of hydrogen-bond acceptors (Lipinski definition) is 4. The second-order valence-corrected chi connectivity index (χ2v) is 3.73. The standard InChI is InChI=1S/C9H15F2NO4/c1-16-7-2-3-12(5-9(7,10)11)8(15)6(14)4-13/h6-7,13-14H,2-5H2,1H3/t6-,7?/m0/s1. The lowest BCUT2D eigenvalue weighted by Crippen LogP contribution is -2.56. The predicted molar refractivity (Wildman–Crippen MR) is 50.0 cm³/mol. The Morgan fingerprint density at radius 1 is 1.69 bits per heavy atom. The van der Waals surface area contributed by atoms with E-state index in [1.807, 2.05) is 0 Å². The number of ether oxygens (including phenoxy) is 1. The van der Waals surface area contributed by atoms with Crippen molar-refractivity contribution in [3.8, 4) is 0 Å². The fraction of sp³-hybridized carbons (Fsp3) is 0.889. The number of halogens is 2. The van der Waals surface area contributed by atoms with Gasteiger partial charge in [0.15, 0.2) is 6.10 Å². The molecule has 0 aromatic heterocycles. The van der Waals surface area contributed by atoms with Gasteiger partial charge >= 0.3 is 0 Å². The van der Waals surface area contributed by atoms with Crippen molar-refractivity contribution in [3.05, 3.63) is 0 Å². The molecule has 1 unspecified atom stereocenters. The van der Waals surface area contributed by atoms with E-state index in [9.17, 15) is 13.6 Å². The number of nitrogens with zero attached hydrogens (tertiary/aromatic N) is 1. The van der Waals surface area contributed by atoms with E-state index in [0.717, 1.165) is 4.90 Å². The lowest BCUT2D eigenvalue weighted by molar-refractivity contribution is -0.178. The zero-order valence-electron chi connectivity index (χ0n) is 8.90. The van der Waals surface area contributed by atoms with Crippen molar-refractivity contribution in [2.75, 3.05) is 26.8 Å². The minimum absolute atomic E-state index is 0.00733. The van der Waals surface area contributed by atoms with Crippen LogP contribution in [0.1, 0.15) is 6.42 Å². The fourth-order valence-corrected chi connectivity index (χ4v) is 1.69. The molecule has 7 heteroatoms. The average Bonchev–Trinajstić information content (AvgIpc) is 2.25. The molecule has 0 bridgehead atoms. The summed E-state index contributed by atoms with van der Waals surface area (Å²) in [5, 5.41) is 17.6. The van der Waals surface area contributed by atoms with Crippen molar-refractivity contribution < 1.29 is 28.5 Å². The van der Waals surface area contributed by atoms with Crippen molar-refractivity contribution in [2.45, 2.75) is 24.6 Å². The van der Waals surface area contributed by atoms with E-state index in [4.69, 9.17) is 10.2 Å². The van der Waals surface area contributed by atoms with Crippen LogP contribution < -0.4 is 0 Å². The minimum atomic E-state index is -3.13. The van der Waals surface area contributed by atoms with Crippen molar-refractivity contribution in [2.24, 2.45) is 0 Å². The molecular formula is C9H15F2NO4. The van der Waals surface area contributed by atoms with Crippen LogP contribution in [-0.4, -0.2) is 66.0 Å². The number of rotatable bonds is 3. The molecule has 0 aromatic rings. The van der Waals surface area contributed by atoms with Crippen LogP contribution in [0.2, 0.25) is 0 Å². The Bertz CT molecular complexity index is 262. The highest BCUT2D eigenvalue weighted by molar-refractivity contribution is 5.81. The maximum atomic E-state index is 13.4. The Morgan fingerprint density at radius 2 is 2.31 bits per heavy atom. The first-order valence-corrected chi connectivity index (χ1v) is 4.90. The first-order valence-electron chi connectivity index (χ1n) is 4.90. The van der Waals surface area contributed by atoms with Gasteiger partial charge in [-0.25, -0.2) is 8.78 Å². The Morgan fingerprint density at radius 3 is 2.75 bits per heavy atom. The summed E-state index contributed by atoms with van der Waals surface area (Å²) in [7, 11) is 1.19. The maximum Gasteiger partial charge on any atom is 0.290 e. The quantitative estimate of drug-likeness (QED) is 0.678. The molecule has 0 saturated carbocycles. The number of methoxy groups -OCH3 is 1. The molecule has 0 aromatic carbocycles. The summed E-state index contributed by atoms with van der Waals surface area (Å²) in [6, 6.07) is 0. The van der Waals surface area contributed by atoms with Crippen LogP contribution >= 0.6 is 0 Å². The van der Waals surface area contributed by atoms with Gasteiger partial charge in [0.2, 0.25) is 0 Å². The van der Waals surface area contributed by atoms with E-state index in [0.29, 0.717) is 0 Å². The third kappa shape index (κ3) is 2.66. The fourth-order valence-electron chi connectivity index (χ4n) is 1.69. The lowest BCUT2D eigenvalue weighted by Gasteiger charge is -2.38. The number of amides is 1. The Labute approximate surface area is 91.6 Å². The minimum Gasteiger partial charge on any atom is -0.393 e. The van der Waals surface area contributed by atoms with Crippen molar-refractivity contribution in [1.82, 2.24) is 4.90 Å². The maximum absolute atomic E-state index is 13.4. The summed E-state index contributed by atoms with van der Waals surface area (Å²) < 4.78 is 31.4. The molecule has 94 valence electrons. The summed E-state index contributed by atoms with van der Waals surface area (Å²) in [4.78, 5) is 12.2. The number of hydrogen-bond donors (Lipinski definition) is 2. The normalized spacial score (nSPS) is 26.6. The molecule has 1 heterocycles. The third-order valence-corrected chi connectivity index (χ3v) is 2.59. The molecule has 1 fully saturated rings. The van der Waals surface area contributed by atoms with Gasteiger partial charge in [0.1, 0.15) is 6.10 Å². The molecule has 2 N–H and O–H groups in total. The molecule has 0 radical (unpaired) electrons. The average molecular weight is 239 g/mol. The van der Waals surface area contributed by atoms with E-state index < -0.39 is 37.2 Å². The van der Waals surface area contributed by atoms with Crippen LogP contribution in [-0.2, 0) is 9.53 Å². The van der Waals surface area contributed by atoms with Gasteiger partial charge in [-0.1, -0.05) is 0 Å². The number of piperidine rings is 1. The van der Waals surface area contributed by atoms with Gasteiger partial charge in [0.25, 0.3) is 11.8 Å². The summed E-state index contributed by atoms with van der Waals surface area (Å²) >= 11 is 0. The van der Waals surface area contributed by atoms with Crippen LogP contribution in [0.3, 0.4) is 0 Å². The molecule has 1 rings (SSSR count). The van der Waals surface area contributed by atoms with Crippen molar-refractivity contribution in [1.29, 1.82) is 0 Å². The zero-order chi connectivity index (χ0) is 12.3. The molecule has 1 saturated heterocycles. The second kappa shape index (κ2) is 5.03. The molecular weight excluding hydrogens is 224 g/mol. The number of carbonyl (C=O) groups excluding carboxylic acids is 1. The topological polar surface area (TPSA) is 70.0 Å². The number of likely N-dealkylation sites (tertiary alicyclic amines) is 1. The van der Waals surface area contributed by atoms with E-state index in [-0.39, 0.29) is 13.0 Å². The highest BCUT2D eigenvalue weighted by Gasteiger charge is 2.46. The Kier molecular flexibility index (Phi) is 4.17. The third-order valence-electron chi connectivity index (χ3n) is 2.59. The van der Waals surface area contributed by atoms with Crippen molar-refractivity contribution in [3.63, 3.8) is 0 Å². The molecule has 1 aliphatic rings. The number of carbonyl (C=O) groups is 1. The van der Waals surface area contributed by atoms with E-state index >= 15 is 0 Å². The van der Waals surface area contributed by atoms with Crippen LogP contribution in [0.25, 0.3) is 0 Å². The van der Waals surface area contributed by atoms with Crippen LogP contribution in [0.5, 0.6) is 0 Å². The second-order valence-electron chi connectivity index (χ2n) is 3.73. The lowest BCUT2D eigenvalue weighted by atomic mass is 10.0. The van der Waals surface area contributed by atoms with Gasteiger partial charge in [0, 0.05) is 13.7 Å². The molecule has 2 atom stereocenters. The Balaban J connectivity index is 2.65. The first kappa shape index (κ1) is 13.3. The van der Waals surface area contributed by atoms with Gasteiger partial charge in [-0.2, -0.15) is 0 Å². The van der Waals surface area contributed by atoms with Crippen LogP contribution in [0, 0.1) is 0 Å². The van der Waals surface area contributed by atoms with Gasteiger partial charge in [0.05, 0.1) is 13.2 Å². The van der Waals surface area contributed by atoms with E-state index in [1.54, 1.807) is 0 Å². The number of aliphatic hydroxyl groups excluding tert-OH is 2. The van der Waals surface area contributed by atoms with Gasteiger partial charge < -0.3 is 19.8 Å². The SMILES string of the molecule is COC1CCN(C(=O)[C@@H](O)CO)CC1(F)F. The number of alkyl halides is 2. The first-order chi connectivity index (χ1) is 7.42. The molecule has 0 spiro atoms. The monoisotopic (exact) mass is 239 g/mol. The van der Waals surface area contributed by atoms with Crippen LogP contribution in [0.15, 0.2) is 0 Å². The summed E-state index contributed by atoms with van der Waals surface area (Å²) in [5.74, 6) is -4.01. The summed E-state index contributed by atoms with van der Waals surface area (Å²) in [6.45, 7) is -1.47. The molecule has 1 amide bonds. The Hall–Kier alpha value is -0.790. The zero-order valence-corrected chi connectivity index (χ0v) is 8.90. The smallest absolute Gasteiger partial charge is 0.290 e. The van der Waals surface area contributed by atoms with Crippen LogP contribution in [0.4, 0.5) is 8.78 Å². The largest absolute Gasteiger partial charge is 0.393 e. The van der Waals surface area contributed by atoms with E-state index in [1.165, 1.54) is 7.11 Å². The molecule has 1 aliphatic heterocycles. The predicted octanol–water partition coefficient (Wildman–Crippen LogP) is -0.778. The highest BCUT2D eigenvalue weighted by atomic mass is 19.3. The summed E-state index contributed by atoms with van der Waals surface area (Å²) in [5.41, 5.74) is 0. The molecule has 16 heavy (non-hydrogen) atoms. The molecule has 0 aliphatic carbocycles. The van der Waals surface area contributed by atoms with E-state index in [2.05, 4.69) is 4.74 Å². The molecule has 5 nitrogen and oxygen atoms in total. The summed E-state index contributed by atoms with van der Waals surface area (Å²) in [6.07, 6.45) is -2.83. The van der Waals surface area contributed by atoms with Gasteiger partial charge in [-0.15, -0.1) is 0 Å². The van der Waals surface area contributed by atoms with Gasteiger partial charge in [-0.3, -0.25) is 4.79 Å². The van der Waals surface area contributed by atoms with Gasteiger partial charge in [-0.05, 0) is 6.42 Å². The van der Waals surface area contributed by atoms with Crippen molar-refractivity contribution >= 4 is 5.91 Å². The highest BCUT2D eigenvalue weighted by Crippen LogP contribution is 2.29.